The SMILES string of the molecule is NCC1Cc2[nH]cnc2C(C2CCC2)N1. The summed E-state index contributed by atoms with van der Waals surface area (Å²) in [4.78, 5) is 7.70. The van der Waals surface area contributed by atoms with E-state index in [0.717, 1.165) is 12.3 Å². The molecular formula is C11H18N4. The molecule has 15 heavy (non-hydrogen) atoms. The highest BCUT2D eigenvalue weighted by molar-refractivity contribution is 5.22. The normalized spacial score (nSPS) is 31.0. The molecule has 0 saturated heterocycles. The fraction of sp³-hybridized carbons (Fsp3) is 0.727. The van der Waals surface area contributed by atoms with Crippen molar-refractivity contribution < 1.29 is 0 Å². The summed E-state index contributed by atoms with van der Waals surface area (Å²) in [6.07, 6.45) is 6.85. The number of nitrogens with one attached hydrogen (secondary N) is 2. The molecule has 4 N–H and O–H groups in total. The molecule has 0 bridgehead atoms. The Morgan fingerprint density at radius 3 is 3.00 bits per heavy atom. The summed E-state index contributed by atoms with van der Waals surface area (Å²) in [5.41, 5.74) is 8.29. The average molecular weight is 206 g/mol. The van der Waals surface area contributed by atoms with Gasteiger partial charge in [0.05, 0.1) is 18.1 Å². The van der Waals surface area contributed by atoms with Gasteiger partial charge in [0.1, 0.15) is 0 Å². The molecule has 1 aromatic heterocycles. The van der Waals surface area contributed by atoms with E-state index in [4.69, 9.17) is 5.73 Å². The van der Waals surface area contributed by atoms with Crippen LogP contribution in [0.1, 0.15) is 36.7 Å². The summed E-state index contributed by atoms with van der Waals surface area (Å²) in [6.45, 7) is 0.710. The zero-order valence-electron chi connectivity index (χ0n) is 8.87. The molecule has 82 valence electrons. The lowest BCUT2D eigenvalue weighted by molar-refractivity contribution is 0.203. The van der Waals surface area contributed by atoms with Gasteiger partial charge < -0.3 is 16.0 Å². The number of aromatic amines is 1. The van der Waals surface area contributed by atoms with E-state index in [1.807, 2.05) is 6.33 Å². The van der Waals surface area contributed by atoms with Crippen LogP contribution in [-0.2, 0) is 6.42 Å². The first kappa shape index (κ1) is 9.36. The second-order valence-electron chi connectivity index (χ2n) is 4.74. The lowest BCUT2D eigenvalue weighted by atomic mass is 9.76. The van der Waals surface area contributed by atoms with Gasteiger partial charge in [0.2, 0.25) is 0 Å². The maximum Gasteiger partial charge on any atom is 0.0925 e. The van der Waals surface area contributed by atoms with E-state index in [-0.39, 0.29) is 0 Å². The van der Waals surface area contributed by atoms with Crippen LogP contribution in [-0.4, -0.2) is 22.6 Å². The minimum atomic E-state index is 0.420. The van der Waals surface area contributed by atoms with Crippen molar-refractivity contribution in [3.8, 4) is 0 Å². The van der Waals surface area contributed by atoms with Gasteiger partial charge in [-0.15, -0.1) is 0 Å². The van der Waals surface area contributed by atoms with E-state index in [1.54, 1.807) is 0 Å². The lowest BCUT2D eigenvalue weighted by Gasteiger charge is -2.39. The second kappa shape index (κ2) is 3.61. The van der Waals surface area contributed by atoms with Crippen molar-refractivity contribution in [1.82, 2.24) is 15.3 Å². The zero-order valence-corrected chi connectivity index (χ0v) is 8.87. The zero-order chi connectivity index (χ0) is 10.3. The molecule has 1 aromatic rings. The monoisotopic (exact) mass is 206 g/mol. The van der Waals surface area contributed by atoms with Crippen LogP contribution in [0.25, 0.3) is 0 Å². The van der Waals surface area contributed by atoms with Crippen LogP contribution in [0.3, 0.4) is 0 Å². The Labute approximate surface area is 89.7 Å². The van der Waals surface area contributed by atoms with Gasteiger partial charge in [0.15, 0.2) is 0 Å². The Bertz CT molecular complexity index is 342. The first-order valence-electron chi connectivity index (χ1n) is 5.86. The Kier molecular flexibility index (Phi) is 2.25. The summed E-state index contributed by atoms with van der Waals surface area (Å²) in [6, 6.07) is 0.867. The van der Waals surface area contributed by atoms with Crippen molar-refractivity contribution in [1.29, 1.82) is 0 Å². The number of nitrogens with zero attached hydrogens (tertiary/aromatic N) is 1. The van der Waals surface area contributed by atoms with Gasteiger partial charge in [-0.2, -0.15) is 0 Å². The predicted molar refractivity (Wildman–Crippen MR) is 58.4 cm³/mol. The van der Waals surface area contributed by atoms with Gasteiger partial charge in [0, 0.05) is 24.7 Å². The molecule has 2 unspecified atom stereocenters. The Balaban J connectivity index is 1.87. The van der Waals surface area contributed by atoms with E-state index in [2.05, 4.69) is 15.3 Å². The third-order valence-electron chi connectivity index (χ3n) is 3.82. The summed E-state index contributed by atoms with van der Waals surface area (Å²) in [5.74, 6) is 0.779. The smallest absolute Gasteiger partial charge is 0.0925 e. The molecule has 1 aliphatic carbocycles. The highest BCUT2D eigenvalue weighted by Gasteiger charge is 2.35. The fourth-order valence-electron chi connectivity index (χ4n) is 2.69. The number of fused-ring (bicyclic) bond motifs is 1. The number of aromatic nitrogens is 2. The highest BCUT2D eigenvalue weighted by atomic mass is 15.1. The van der Waals surface area contributed by atoms with Gasteiger partial charge >= 0.3 is 0 Å². The summed E-state index contributed by atoms with van der Waals surface area (Å²) in [5, 5.41) is 3.64. The van der Waals surface area contributed by atoms with E-state index in [0.29, 0.717) is 18.6 Å². The topological polar surface area (TPSA) is 66.7 Å². The maximum atomic E-state index is 5.75. The third-order valence-corrected chi connectivity index (χ3v) is 3.82. The van der Waals surface area contributed by atoms with Gasteiger partial charge in [-0.05, 0) is 18.8 Å². The van der Waals surface area contributed by atoms with Crippen LogP contribution in [0, 0.1) is 5.92 Å². The molecule has 4 nitrogen and oxygen atoms in total. The standard InChI is InChI=1S/C11H18N4/c12-5-8-4-9-11(14-6-13-9)10(15-8)7-2-1-3-7/h6-8,10,15H,1-5,12H2,(H,13,14). The highest BCUT2D eigenvalue weighted by Crippen LogP contribution is 2.39. The van der Waals surface area contributed by atoms with E-state index < -0.39 is 0 Å². The minimum Gasteiger partial charge on any atom is -0.348 e. The summed E-state index contributed by atoms with van der Waals surface area (Å²) >= 11 is 0. The van der Waals surface area contributed by atoms with E-state index in [1.165, 1.54) is 30.7 Å². The second-order valence-corrected chi connectivity index (χ2v) is 4.74. The number of hydrogen-bond donors (Lipinski definition) is 3. The maximum absolute atomic E-state index is 5.75. The Morgan fingerprint density at radius 1 is 1.47 bits per heavy atom. The third kappa shape index (κ3) is 1.48. The number of rotatable bonds is 2. The molecule has 0 radical (unpaired) electrons. The molecule has 2 aliphatic rings. The molecule has 2 atom stereocenters. The van der Waals surface area contributed by atoms with Crippen LogP contribution >= 0.6 is 0 Å². The Morgan fingerprint density at radius 2 is 2.33 bits per heavy atom. The van der Waals surface area contributed by atoms with E-state index >= 15 is 0 Å². The quantitative estimate of drug-likeness (QED) is 0.668. The summed E-state index contributed by atoms with van der Waals surface area (Å²) in [7, 11) is 0. The van der Waals surface area contributed by atoms with Crippen LogP contribution in [0.4, 0.5) is 0 Å². The molecule has 1 saturated carbocycles. The molecule has 1 fully saturated rings. The van der Waals surface area contributed by atoms with Gasteiger partial charge in [0.25, 0.3) is 0 Å². The first-order valence-corrected chi connectivity index (χ1v) is 5.86. The first-order chi connectivity index (χ1) is 7.38. The van der Waals surface area contributed by atoms with Gasteiger partial charge in [-0.3, -0.25) is 0 Å². The van der Waals surface area contributed by atoms with Gasteiger partial charge in [-0.1, -0.05) is 6.42 Å². The Hall–Kier alpha value is -0.870. The molecule has 3 rings (SSSR count). The molecular weight excluding hydrogens is 188 g/mol. The van der Waals surface area contributed by atoms with Crippen molar-refractivity contribution in [3.05, 3.63) is 17.7 Å². The minimum absolute atomic E-state index is 0.420. The summed E-state index contributed by atoms with van der Waals surface area (Å²) < 4.78 is 0. The number of H-pyrrole nitrogens is 1. The van der Waals surface area contributed by atoms with Crippen molar-refractivity contribution in [2.75, 3.05) is 6.54 Å². The van der Waals surface area contributed by atoms with E-state index in [9.17, 15) is 0 Å². The lowest BCUT2D eigenvalue weighted by Crippen LogP contribution is -2.47. The van der Waals surface area contributed by atoms with Crippen molar-refractivity contribution in [3.63, 3.8) is 0 Å². The molecule has 4 heteroatoms. The van der Waals surface area contributed by atoms with Crippen LogP contribution in [0.2, 0.25) is 0 Å². The number of hydrogen-bond acceptors (Lipinski definition) is 3. The van der Waals surface area contributed by atoms with Crippen molar-refractivity contribution in [2.24, 2.45) is 11.7 Å². The molecule has 1 aliphatic heterocycles. The van der Waals surface area contributed by atoms with Gasteiger partial charge in [-0.25, -0.2) is 4.98 Å². The number of nitrogens with two attached hydrogens (primary N) is 1. The largest absolute Gasteiger partial charge is 0.348 e. The predicted octanol–water partition coefficient (Wildman–Crippen LogP) is 0.724. The number of imidazole rings is 1. The fourth-order valence-corrected chi connectivity index (χ4v) is 2.69. The molecule has 0 aromatic carbocycles. The van der Waals surface area contributed by atoms with Crippen LogP contribution in [0.5, 0.6) is 0 Å². The van der Waals surface area contributed by atoms with Crippen molar-refractivity contribution >= 4 is 0 Å². The van der Waals surface area contributed by atoms with Crippen molar-refractivity contribution in [2.45, 2.75) is 37.8 Å². The van der Waals surface area contributed by atoms with Crippen LogP contribution in [0.15, 0.2) is 6.33 Å². The average Bonchev–Trinajstić information content (AvgIpc) is 2.62. The molecule has 2 heterocycles. The van der Waals surface area contributed by atoms with Crippen LogP contribution < -0.4 is 11.1 Å². The molecule has 0 amide bonds. The molecule has 0 spiro atoms.